The summed E-state index contributed by atoms with van der Waals surface area (Å²) in [5, 5.41) is 11.1. The van der Waals surface area contributed by atoms with Gasteiger partial charge < -0.3 is 33.3 Å². The third-order valence-corrected chi connectivity index (χ3v) is 14.7. The molecule has 4 unspecified atom stereocenters. The lowest BCUT2D eigenvalue weighted by Crippen LogP contribution is -2.60. The van der Waals surface area contributed by atoms with Gasteiger partial charge in [-0.2, -0.15) is 0 Å². The van der Waals surface area contributed by atoms with E-state index in [1.165, 1.54) is 81.8 Å². The van der Waals surface area contributed by atoms with Crippen molar-refractivity contribution in [2.24, 2.45) is 0 Å². The van der Waals surface area contributed by atoms with Crippen molar-refractivity contribution in [3.63, 3.8) is 0 Å². The maximum absolute atomic E-state index is 13.5. The average molecular weight is 876 g/mol. The van der Waals surface area contributed by atoms with E-state index in [4.69, 9.17) is 23.7 Å². The number of rotatable bonds is 20. The highest BCUT2D eigenvalue weighted by atomic mass is 16.5. The summed E-state index contributed by atoms with van der Waals surface area (Å²) < 4.78 is 31.9. The van der Waals surface area contributed by atoms with Crippen LogP contribution in [-0.4, -0.2) is 75.0 Å². The van der Waals surface area contributed by atoms with Gasteiger partial charge in [0.15, 0.2) is 29.0 Å². The van der Waals surface area contributed by atoms with Gasteiger partial charge in [0.25, 0.3) is 0 Å². The molecule has 0 radical (unpaired) electrons. The highest BCUT2D eigenvalue weighted by molar-refractivity contribution is 5.72. The SMILES string of the molecule is CCCCCCCCCCCCCCCCC(C(=O)O)[N+]1(C)CCc2cc(OC)c3cc2C1Cc1ccc(cc1)Oc1cc(ccc1OC)CC1c2c(cc(OC)cc2O3)CCN1C. The Labute approximate surface area is 383 Å². The lowest BCUT2D eigenvalue weighted by molar-refractivity contribution is -0.956. The molecule has 346 valence electrons. The Balaban J connectivity index is 1.19. The Morgan fingerprint density at radius 2 is 1.34 bits per heavy atom. The van der Waals surface area contributed by atoms with Crippen molar-refractivity contribution in [1.82, 2.24) is 4.90 Å². The lowest BCUT2D eigenvalue weighted by atomic mass is 9.84. The van der Waals surface area contributed by atoms with Crippen molar-refractivity contribution in [1.29, 1.82) is 0 Å². The van der Waals surface area contributed by atoms with Crippen LogP contribution in [0.3, 0.4) is 0 Å². The van der Waals surface area contributed by atoms with E-state index in [2.05, 4.69) is 68.4 Å². The minimum absolute atomic E-state index is 0.00614. The van der Waals surface area contributed by atoms with Crippen LogP contribution in [-0.2, 0) is 30.5 Å². The monoisotopic (exact) mass is 876 g/mol. The van der Waals surface area contributed by atoms with Gasteiger partial charge in [0.05, 0.1) is 34.9 Å². The van der Waals surface area contributed by atoms with Crippen molar-refractivity contribution >= 4 is 5.97 Å². The number of benzene rings is 4. The summed E-state index contributed by atoms with van der Waals surface area (Å²) in [6.45, 7) is 3.88. The van der Waals surface area contributed by atoms with Crippen LogP contribution in [0.4, 0.5) is 0 Å². The number of carboxylic acid groups (broad SMARTS) is 1. The molecule has 0 saturated heterocycles. The van der Waals surface area contributed by atoms with Gasteiger partial charge in [-0.05, 0) is 91.0 Å². The fourth-order valence-electron chi connectivity index (χ4n) is 10.8. The highest BCUT2D eigenvalue weighted by Crippen LogP contribution is 2.49. The van der Waals surface area contributed by atoms with E-state index in [-0.39, 0.29) is 12.1 Å². The molecule has 1 N–H and O–H groups in total. The van der Waals surface area contributed by atoms with Gasteiger partial charge in [-0.15, -0.1) is 0 Å². The zero-order valence-corrected chi connectivity index (χ0v) is 39.7. The number of hydrogen-bond acceptors (Lipinski definition) is 7. The Kier molecular flexibility index (Phi) is 16.6. The molecule has 8 rings (SSSR count). The third kappa shape index (κ3) is 11.2. The van der Waals surface area contributed by atoms with Crippen LogP contribution < -0.4 is 23.7 Å². The summed E-state index contributed by atoms with van der Waals surface area (Å²) in [5.74, 6) is 4.09. The van der Waals surface area contributed by atoms with Gasteiger partial charge in [-0.1, -0.05) is 109 Å². The lowest BCUT2D eigenvalue weighted by Gasteiger charge is -2.49. The number of carboxylic acids is 1. The molecule has 9 heteroatoms. The van der Waals surface area contributed by atoms with Crippen LogP contribution in [0.1, 0.15) is 149 Å². The van der Waals surface area contributed by atoms with E-state index >= 15 is 0 Å². The van der Waals surface area contributed by atoms with Crippen molar-refractivity contribution < 1.29 is 38.1 Å². The number of hydrogen-bond donors (Lipinski definition) is 1. The maximum Gasteiger partial charge on any atom is 0.362 e. The van der Waals surface area contributed by atoms with Gasteiger partial charge >= 0.3 is 5.97 Å². The topological polar surface area (TPSA) is 86.7 Å². The number of nitrogens with zero attached hydrogens (tertiary/aromatic N) is 2. The molecule has 0 fully saturated rings. The first-order chi connectivity index (χ1) is 31.1. The first kappa shape index (κ1) is 47.2. The predicted molar refractivity (Wildman–Crippen MR) is 256 cm³/mol. The molecule has 4 aromatic carbocycles. The molecule has 4 aromatic rings. The highest BCUT2D eigenvalue weighted by Gasteiger charge is 2.48. The van der Waals surface area contributed by atoms with Crippen LogP contribution in [0.25, 0.3) is 0 Å². The molecule has 64 heavy (non-hydrogen) atoms. The number of methoxy groups -OCH3 is 3. The predicted octanol–water partition coefficient (Wildman–Crippen LogP) is 13.0. The number of unbranched alkanes of at least 4 members (excludes halogenated alkanes) is 13. The van der Waals surface area contributed by atoms with Crippen molar-refractivity contribution in [2.45, 2.75) is 147 Å². The summed E-state index contributed by atoms with van der Waals surface area (Å²) in [4.78, 5) is 15.9. The van der Waals surface area contributed by atoms with Crippen LogP contribution in [0.2, 0.25) is 0 Å². The van der Waals surface area contributed by atoms with Gasteiger partial charge in [0.1, 0.15) is 23.3 Å². The molecule has 6 bridgehead atoms. The number of quaternary nitrogens is 1. The molecule has 0 spiro atoms. The molecule has 4 heterocycles. The molecule has 9 nitrogen and oxygen atoms in total. The van der Waals surface area contributed by atoms with Crippen LogP contribution in [0, 0.1) is 0 Å². The Hall–Kier alpha value is -4.73. The van der Waals surface area contributed by atoms with Crippen LogP contribution in [0.5, 0.6) is 40.2 Å². The summed E-state index contributed by atoms with van der Waals surface area (Å²) >= 11 is 0. The minimum Gasteiger partial charge on any atom is -0.497 e. The Morgan fingerprint density at radius 1 is 0.703 bits per heavy atom. The summed E-state index contributed by atoms with van der Waals surface area (Å²) in [6, 6.07) is 22.2. The molecular weight excluding hydrogens is 801 g/mol. The van der Waals surface area contributed by atoms with E-state index in [1.807, 2.05) is 24.3 Å². The van der Waals surface area contributed by atoms with Gasteiger partial charge in [0.2, 0.25) is 0 Å². The van der Waals surface area contributed by atoms with E-state index in [1.54, 1.807) is 21.3 Å². The molecular formula is C55H75N2O7+. The molecule has 0 amide bonds. The van der Waals surface area contributed by atoms with E-state index in [0.717, 1.165) is 84.6 Å². The number of likely N-dealkylation sites (N-methyl/N-ethyl adjacent to an activating group) is 2. The van der Waals surface area contributed by atoms with Gasteiger partial charge in [-0.25, -0.2) is 4.79 Å². The van der Waals surface area contributed by atoms with Gasteiger partial charge in [-0.3, -0.25) is 4.90 Å². The normalized spacial score (nSPS) is 19.7. The van der Waals surface area contributed by atoms with E-state index < -0.39 is 12.0 Å². The van der Waals surface area contributed by atoms with Crippen molar-refractivity contribution in [3.05, 3.63) is 100 Å². The number of aliphatic carboxylic acids is 1. The van der Waals surface area contributed by atoms with Crippen molar-refractivity contribution in [2.75, 3.05) is 48.5 Å². The Morgan fingerprint density at radius 3 is 1.98 bits per heavy atom. The maximum atomic E-state index is 13.5. The van der Waals surface area contributed by atoms with Crippen molar-refractivity contribution in [3.8, 4) is 40.2 Å². The second kappa shape index (κ2) is 22.4. The molecule has 0 aliphatic carbocycles. The molecule has 4 aliphatic rings. The zero-order chi connectivity index (χ0) is 45.1. The summed E-state index contributed by atoms with van der Waals surface area (Å²) in [5.41, 5.74) is 6.85. The first-order valence-corrected chi connectivity index (χ1v) is 24.5. The fraction of sp³-hybridized carbons (Fsp3) is 0.545. The van der Waals surface area contributed by atoms with E-state index in [0.29, 0.717) is 46.9 Å². The third-order valence-electron chi connectivity index (χ3n) is 14.7. The minimum atomic E-state index is -0.719. The number of fused-ring (bicyclic) bond motifs is 2. The molecule has 0 saturated carbocycles. The molecule has 4 atom stereocenters. The van der Waals surface area contributed by atoms with Gasteiger partial charge in [0, 0.05) is 49.0 Å². The molecule has 0 aromatic heterocycles. The largest absolute Gasteiger partial charge is 0.497 e. The number of carbonyl (C=O) groups is 1. The quantitative estimate of drug-likeness (QED) is 0.0694. The average Bonchev–Trinajstić information content (AvgIpc) is 3.29. The second-order valence-electron chi connectivity index (χ2n) is 19.0. The zero-order valence-electron chi connectivity index (χ0n) is 39.7. The summed E-state index contributed by atoms with van der Waals surface area (Å²) in [7, 11) is 9.44. The fourth-order valence-corrected chi connectivity index (χ4v) is 10.8. The number of ether oxygens (including phenoxy) is 5. The summed E-state index contributed by atoms with van der Waals surface area (Å²) in [6.07, 6.45) is 21.5. The van der Waals surface area contributed by atoms with Crippen LogP contribution in [0.15, 0.2) is 66.7 Å². The smallest absolute Gasteiger partial charge is 0.362 e. The standard InChI is InChI=1S/C55H74N2O7/c1-7-8-9-10-11-12-13-14-15-16-17-18-19-20-21-47(55(58)59)57(3)31-29-41-36-50(62-6)52-38-45(41)48(57)33-39-22-25-43(26-23-39)63-51-34-40(24-27-49(51)61-5)32-46-54-42(28-30-56(46)2)35-44(60-4)37-53(54)64-52/h22-27,34-38,46-48H,7-21,28-33H2,1-6H3/p+1. The first-order valence-electron chi connectivity index (χ1n) is 24.5. The van der Waals surface area contributed by atoms with Crippen LogP contribution >= 0.6 is 0 Å². The Bertz CT molecular complexity index is 2150. The second-order valence-corrected chi connectivity index (χ2v) is 19.0. The van der Waals surface area contributed by atoms with E-state index in [9.17, 15) is 9.90 Å². The molecule has 4 aliphatic heterocycles.